The summed E-state index contributed by atoms with van der Waals surface area (Å²) in [6.45, 7) is 1.84. The van der Waals surface area contributed by atoms with Gasteiger partial charge in [-0.05, 0) is 6.92 Å². The van der Waals surface area contributed by atoms with Gasteiger partial charge in [-0.25, -0.2) is 18.1 Å². The summed E-state index contributed by atoms with van der Waals surface area (Å²) in [5, 5.41) is 12.6. The summed E-state index contributed by atoms with van der Waals surface area (Å²) in [4.78, 5) is 3.93. The van der Waals surface area contributed by atoms with Crippen molar-refractivity contribution in [2.75, 3.05) is 6.61 Å². The van der Waals surface area contributed by atoms with Crippen LogP contribution in [-0.4, -0.2) is 34.9 Å². The lowest BCUT2D eigenvalue weighted by molar-refractivity contribution is 0.269. The van der Waals surface area contributed by atoms with E-state index in [1.165, 1.54) is 23.3 Å². The van der Waals surface area contributed by atoms with Gasteiger partial charge in [0.1, 0.15) is 10.7 Å². The van der Waals surface area contributed by atoms with E-state index < -0.39 is 10.0 Å². The van der Waals surface area contributed by atoms with E-state index in [9.17, 15) is 8.42 Å². The number of hydrogen-bond donors (Lipinski definition) is 2. The van der Waals surface area contributed by atoms with E-state index in [0.717, 1.165) is 0 Å². The zero-order chi connectivity index (χ0) is 13.9. The third kappa shape index (κ3) is 3.40. The number of rotatable bonds is 6. The van der Waals surface area contributed by atoms with Crippen LogP contribution in [0.5, 0.6) is 0 Å². The Kier molecular flexibility index (Phi) is 3.98. The van der Waals surface area contributed by atoms with Crippen molar-refractivity contribution in [2.24, 2.45) is 0 Å². The molecule has 0 unspecified atom stereocenters. The minimum absolute atomic E-state index is 0.0264. The molecule has 0 spiro atoms. The molecule has 0 amide bonds. The Morgan fingerprint density at radius 1 is 1.47 bits per heavy atom. The van der Waals surface area contributed by atoms with Gasteiger partial charge in [-0.2, -0.15) is 5.10 Å². The lowest BCUT2D eigenvalue weighted by Gasteiger charge is -2.01. The molecule has 0 radical (unpaired) electrons. The van der Waals surface area contributed by atoms with Crippen LogP contribution >= 0.6 is 0 Å². The van der Waals surface area contributed by atoms with Gasteiger partial charge in [0.25, 0.3) is 0 Å². The van der Waals surface area contributed by atoms with Crippen LogP contribution < -0.4 is 4.72 Å². The normalized spacial score (nSPS) is 11.9. The second-order valence-electron chi connectivity index (χ2n) is 3.85. The summed E-state index contributed by atoms with van der Waals surface area (Å²) < 4.78 is 32.7. The van der Waals surface area contributed by atoms with Gasteiger partial charge in [-0.1, -0.05) is 0 Å². The summed E-state index contributed by atoms with van der Waals surface area (Å²) in [5.41, 5.74) is 0. The van der Waals surface area contributed by atoms with Crippen molar-refractivity contribution < 1.29 is 17.9 Å². The highest BCUT2D eigenvalue weighted by Gasteiger charge is 2.17. The van der Waals surface area contributed by atoms with Crippen LogP contribution in [0.25, 0.3) is 0 Å². The Bertz CT molecular complexity index is 646. The van der Waals surface area contributed by atoms with Crippen molar-refractivity contribution >= 4 is 10.0 Å². The number of nitrogens with zero attached hydrogens (tertiary/aromatic N) is 3. The number of hydrogen-bond acceptors (Lipinski definition) is 6. The lowest BCUT2D eigenvalue weighted by Crippen LogP contribution is -2.23. The van der Waals surface area contributed by atoms with E-state index in [2.05, 4.69) is 14.8 Å². The molecule has 0 atom stereocenters. The topological polar surface area (TPSA) is 110 Å². The number of nitrogens with one attached hydrogen (secondary N) is 1. The SMILES string of the molecule is Cc1cnc(CNS(=O)(=O)c2cnn(CCO)c2)o1. The molecule has 2 aromatic rings. The molecule has 2 aromatic heterocycles. The largest absolute Gasteiger partial charge is 0.445 e. The summed E-state index contributed by atoms with van der Waals surface area (Å²) in [6.07, 6.45) is 4.08. The van der Waals surface area contributed by atoms with Crippen molar-refractivity contribution in [3.8, 4) is 0 Å². The Morgan fingerprint density at radius 2 is 2.26 bits per heavy atom. The molecule has 2 heterocycles. The minimum Gasteiger partial charge on any atom is -0.445 e. The maximum Gasteiger partial charge on any atom is 0.244 e. The number of aliphatic hydroxyl groups excluding tert-OH is 1. The Morgan fingerprint density at radius 3 is 2.89 bits per heavy atom. The molecule has 0 aliphatic carbocycles. The fraction of sp³-hybridized carbons (Fsp3) is 0.400. The molecule has 0 bridgehead atoms. The molecular formula is C10H14N4O4S. The maximum atomic E-state index is 11.9. The van der Waals surface area contributed by atoms with E-state index in [0.29, 0.717) is 11.7 Å². The predicted octanol–water partition coefficient (Wildman–Crippen LogP) is -0.350. The van der Waals surface area contributed by atoms with Crippen LogP contribution in [0.4, 0.5) is 0 Å². The average molecular weight is 286 g/mol. The standard InChI is InChI=1S/C10H14N4O4S/c1-8-4-11-10(18-8)6-13-19(16,17)9-5-12-14(7-9)2-3-15/h4-5,7,13,15H,2-3,6H2,1H3. The molecule has 104 valence electrons. The predicted molar refractivity (Wildman–Crippen MR) is 64.6 cm³/mol. The summed E-state index contributed by atoms with van der Waals surface area (Å²) in [5.74, 6) is 0.911. The summed E-state index contributed by atoms with van der Waals surface area (Å²) in [6, 6.07) is 0. The number of aromatic nitrogens is 3. The second kappa shape index (κ2) is 5.51. The van der Waals surface area contributed by atoms with E-state index in [4.69, 9.17) is 9.52 Å². The van der Waals surface area contributed by atoms with Crippen LogP contribution in [0.3, 0.4) is 0 Å². The van der Waals surface area contributed by atoms with Gasteiger partial charge in [-0.3, -0.25) is 4.68 Å². The van der Waals surface area contributed by atoms with Crippen LogP contribution in [0.2, 0.25) is 0 Å². The zero-order valence-electron chi connectivity index (χ0n) is 10.3. The molecule has 0 fully saturated rings. The highest BCUT2D eigenvalue weighted by molar-refractivity contribution is 7.89. The molecule has 0 aliphatic heterocycles. The zero-order valence-corrected chi connectivity index (χ0v) is 11.1. The third-order valence-electron chi connectivity index (χ3n) is 2.33. The number of aryl methyl sites for hydroxylation is 1. The first-order valence-electron chi connectivity index (χ1n) is 5.55. The average Bonchev–Trinajstić information content (AvgIpc) is 2.97. The molecule has 2 rings (SSSR count). The Balaban J connectivity index is 2.04. The van der Waals surface area contributed by atoms with Crippen molar-refractivity contribution in [1.82, 2.24) is 19.5 Å². The molecule has 0 saturated heterocycles. The first-order valence-corrected chi connectivity index (χ1v) is 7.04. The third-order valence-corrected chi connectivity index (χ3v) is 3.69. The summed E-state index contributed by atoms with van der Waals surface area (Å²) in [7, 11) is -3.66. The monoisotopic (exact) mass is 286 g/mol. The quantitative estimate of drug-likeness (QED) is 0.751. The number of aliphatic hydroxyl groups is 1. The van der Waals surface area contributed by atoms with Gasteiger partial charge in [-0.15, -0.1) is 0 Å². The molecule has 2 N–H and O–H groups in total. The Hall–Kier alpha value is -1.71. The molecule has 0 saturated carbocycles. The minimum atomic E-state index is -3.66. The first-order chi connectivity index (χ1) is 9.01. The maximum absolute atomic E-state index is 11.9. The summed E-state index contributed by atoms with van der Waals surface area (Å²) >= 11 is 0. The molecule has 0 aliphatic rings. The van der Waals surface area contributed by atoms with Crippen LogP contribution in [0, 0.1) is 6.92 Å². The van der Waals surface area contributed by atoms with Gasteiger partial charge in [0.05, 0.1) is 32.1 Å². The van der Waals surface area contributed by atoms with Crippen molar-refractivity contribution in [2.45, 2.75) is 24.9 Å². The molecule has 8 nitrogen and oxygen atoms in total. The highest BCUT2D eigenvalue weighted by atomic mass is 32.2. The van der Waals surface area contributed by atoms with Gasteiger partial charge in [0.15, 0.2) is 0 Å². The highest BCUT2D eigenvalue weighted by Crippen LogP contribution is 2.08. The van der Waals surface area contributed by atoms with Crippen molar-refractivity contribution in [3.63, 3.8) is 0 Å². The van der Waals surface area contributed by atoms with Crippen LogP contribution in [0.1, 0.15) is 11.7 Å². The van der Waals surface area contributed by atoms with E-state index in [-0.39, 0.29) is 24.6 Å². The van der Waals surface area contributed by atoms with Crippen LogP contribution in [-0.2, 0) is 23.1 Å². The fourth-order valence-corrected chi connectivity index (χ4v) is 2.36. The second-order valence-corrected chi connectivity index (χ2v) is 5.62. The molecule has 0 aromatic carbocycles. The lowest BCUT2D eigenvalue weighted by atomic mass is 10.6. The molecule has 19 heavy (non-hydrogen) atoms. The Labute approximate surface area is 110 Å². The number of sulfonamides is 1. The van der Waals surface area contributed by atoms with Crippen molar-refractivity contribution in [3.05, 3.63) is 30.2 Å². The van der Waals surface area contributed by atoms with E-state index in [1.54, 1.807) is 6.92 Å². The van der Waals surface area contributed by atoms with E-state index >= 15 is 0 Å². The number of oxazole rings is 1. The molecule has 9 heteroatoms. The van der Waals surface area contributed by atoms with Gasteiger partial charge >= 0.3 is 0 Å². The van der Waals surface area contributed by atoms with Crippen LogP contribution in [0.15, 0.2) is 27.9 Å². The van der Waals surface area contributed by atoms with E-state index in [1.807, 2.05) is 0 Å². The van der Waals surface area contributed by atoms with Gasteiger partial charge in [0, 0.05) is 6.20 Å². The molecular weight excluding hydrogens is 272 g/mol. The first kappa shape index (κ1) is 13.7. The van der Waals surface area contributed by atoms with Crippen molar-refractivity contribution in [1.29, 1.82) is 0 Å². The van der Waals surface area contributed by atoms with Gasteiger partial charge < -0.3 is 9.52 Å². The smallest absolute Gasteiger partial charge is 0.244 e. The fourth-order valence-electron chi connectivity index (χ4n) is 1.43. The van der Waals surface area contributed by atoms with Gasteiger partial charge in [0.2, 0.25) is 15.9 Å².